The first-order valence-corrected chi connectivity index (χ1v) is 12.7. The van der Waals surface area contributed by atoms with Gasteiger partial charge in [0.25, 0.3) is 21.5 Å². The first kappa shape index (κ1) is 25.3. The number of ether oxygens (including phenoxy) is 1. The quantitative estimate of drug-likeness (QED) is 0.512. The second kappa shape index (κ2) is 9.34. The van der Waals surface area contributed by atoms with Crippen LogP contribution in [0.5, 0.6) is 5.88 Å². The van der Waals surface area contributed by atoms with E-state index in [2.05, 4.69) is 21.9 Å². The van der Waals surface area contributed by atoms with Crippen molar-refractivity contribution in [2.75, 3.05) is 18.6 Å². The minimum atomic E-state index is -4.46. The molecule has 0 bridgehead atoms. The van der Waals surface area contributed by atoms with Crippen molar-refractivity contribution >= 4 is 21.7 Å². The van der Waals surface area contributed by atoms with Crippen LogP contribution in [0, 0.1) is 11.7 Å². The van der Waals surface area contributed by atoms with Gasteiger partial charge in [0.1, 0.15) is 5.82 Å². The monoisotopic (exact) mass is 515 g/mol. The third-order valence-electron chi connectivity index (χ3n) is 6.66. The summed E-state index contributed by atoms with van der Waals surface area (Å²) in [4.78, 5) is 37.5. The number of hydrogen-bond acceptors (Lipinski definition) is 8. The van der Waals surface area contributed by atoms with Crippen molar-refractivity contribution in [3.8, 4) is 17.1 Å². The standard InChI is InChI=1S/C24H26FN5O5S/c1-14-9-11-30(24(14,2)3)20-16(21(31)29-36(33,34)19-6-5-10-26-22(19)32)7-8-18(28-20)15-12-17(25)23(35-4)27-13-15/h5-8,10,12-14H,9,11H2,1-4H3,(H,26,32)(H,29,31). The minimum absolute atomic E-state index is 0.00111. The Morgan fingerprint density at radius 2 is 2.06 bits per heavy atom. The van der Waals surface area contributed by atoms with Crippen molar-refractivity contribution in [2.45, 2.75) is 37.6 Å². The number of sulfonamides is 1. The van der Waals surface area contributed by atoms with Gasteiger partial charge in [0.05, 0.1) is 18.4 Å². The number of rotatable bonds is 6. The Morgan fingerprint density at radius 3 is 2.67 bits per heavy atom. The van der Waals surface area contributed by atoms with Gasteiger partial charge in [-0.2, -0.15) is 0 Å². The van der Waals surface area contributed by atoms with Gasteiger partial charge in [0.2, 0.25) is 5.88 Å². The number of amides is 1. The van der Waals surface area contributed by atoms with Gasteiger partial charge >= 0.3 is 0 Å². The first-order chi connectivity index (χ1) is 17.0. The molecule has 0 radical (unpaired) electrons. The highest BCUT2D eigenvalue weighted by Crippen LogP contribution is 2.39. The lowest BCUT2D eigenvalue weighted by Gasteiger charge is -2.36. The molecule has 1 fully saturated rings. The van der Waals surface area contributed by atoms with Crippen molar-refractivity contribution in [3.63, 3.8) is 0 Å². The summed E-state index contributed by atoms with van der Waals surface area (Å²) in [6.45, 7) is 6.68. The molecule has 1 unspecified atom stereocenters. The van der Waals surface area contributed by atoms with Crippen LogP contribution in [0.15, 0.2) is 52.4 Å². The summed E-state index contributed by atoms with van der Waals surface area (Å²) in [7, 11) is -3.15. The number of nitrogens with one attached hydrogen (secondary N) is 2. The zero-order valence-electron chi connectivity index (χ0n) is 20.2. The van der Waals surface area contributed by atoms with Gasteiger partial charge < -0.3 is 14.6 Å². The Hall–Kier alpha value is -3.80. The summed E-state index contributed by atoms with van der Waals surface area (Å²) >= 11 is 0. The Labute approximate surface area is 207 Å². The first-order valence-electron chi connectivity index (χ1n) is 11.2. The van der Waals surface area contributed by atoms with Crippen LogP contribution in [-0.4, -0.2) is 48.5 Å². The second-order valence-electron chi connectivity index (χ2n) is 9.08. The molecule has 3 aromatic rings. The van der Waals surface area contributed by atoms with Gasteiger partial charge in [-0.15, -0.1) is 0 Å². The summed E-state index contributed by atoms with van der Waals surface area (Å²) in [6, 6.07) is 6.59. The molecule has 1 atom stereocenters. The Morgan fingerprint density at radius 1 is 1.31 bits per heavy atom. The number of H-pyrrole nitrogens is 1. The molecule has 1 amide bonds. The van der Waals surface area contributed by atoms with Crippen LogP contribution >= 0.6 is 0 Å². The summed E-state index contributed by atoms with van der Waals surface area (Å²) in [5, 5.41) is 0. The van der Waals surface area contributed by atoms with Crippen molar-refractivity contribution in [1.82, 2.24) is 19.7 Å². The molecule has 4 heterocycles. The second-order valence-corrected chi connectivity index (χ2v) is 10.7. The fourth-order valence-corrected chi connectivity index (χ4v) is 5.19. The molecule has 1 aliphatic rings. The van der Waals surface area contributed by atoms with Crippen LogP contribution in [0.4, 0.5) is 10.2 Å². The highest BCUT2D eigenvalue weighted by Gasteiger charge is 2.41. The smallest absolute Gasteiger partial charge is 0.269 e. The van der Waals surface area contributed by atoms with Gasteiger partial charge in [0.15, 0.2) is 10.7 Å². The van der Waals surface area contributed by atoms with Crippen molar-refractivity contribution in [2.24, 2.45) is 5.92 Å². The van der Waals surface area contributed by atoms with E-state index in [0.29, 0.717) is 17.8 Å². The molecule has 190 valence electrons. The normalized spacial score (nSPS) is 17.1. The molecule has 1 saturated heterocycles. The predicted octanol–water partition coefficient (Wildman–Crippen LogP) is 2.72. The van der Waals surface area contributed by atoms with Crippen LogP contribution < -0.4 is 19.9 Å². The van der Waals surface area contributed by atoms with Crippen molar-refractivity contribution in [3.05, 3.63) is 64.5 Å². The van der Waals surface area contributed by atoms with E-state index in [9.17, 15) is 22.4 Å². The van der Waals surface area contributed by atoms with Gasteiger partial charge in [-0.05, 0) is 56.5 Å². The molecule has 0 aromatic carbocycles. The average molecular weight is 516 g/mol. The largest absolute Gasteiger partial charge is 0.479 e. The number of nitrogens with zero attached hydrogens (tertiary/aromatic N) is 3. The van der Waals surface area contributed by atoms with Gasteiger partial charge in [-0.25, -0.2) is 27.5 Å². The Balaban J connectivity index is 1.79. The summed E-state index contributed by atoms with van der Waals surface area (Å²) in [6.07, 6.45) is 3.52. The van der Waals surface area contributed by atoms with Crippen LogP contribution in [0.2, 0.25) is 0 Å². The maximum atomic E-state index is 14.3. The zero-order chi connectivity index (χ0) is 26.3. The number of hydrogen-bond donors (Lipinski definition) is 2. The lowest BCUT2D eigenvalue weighted by Crippen LogP contribution is -2.44. The molecular formula is C24H26FN5O5S. The minimum Gasteiger partial charge on any atom is -0.479 e. The van der Waals surface area contributed by atoms with E-state index in [0.717, 1.165) is 12.5 Å². The van der Waals surface area contributed by atoms with E-state index in [4.69, 9.17) is 4.74 Å². The molecule has 3 aromatic heterocycles. The molecular weight excluding hydrogens is 489 g/mol. The van der Waals surface area contributed by atoms with E-state index in [1.807, 2.05) is 23.5 Å². The molecule has 10 nitrogen and oxygen atoms in total. The average Bonchev–Trinajstić information content (AvgIpc) is 3.10. The molecule has 2 N–H and O–H groups in total. The van der Waals surface area contributed by atoms with Crippen molar-refractivity contribution < 1.29 is 22.3 Å². The summed E-state index contributed by atoms with van der Waals surface area (Å²) in [5.74, 6) is -1.28. The van der Waals surface area contributed by atoms with E-state index >= 15 is 0 Å². The SMILES string of the molecule is COc1ncc(-c2ccc(C(=O)NS(=O)(=O)c3ccc[nH]c3=O)c(N3CCC(C)C3(C)C)n2)cc1F. The third-order valence-corrected chi connectivity index (χ3v) is 8.01. The molecule has 0 aliphatic carbocycles. The fraction of sp³-hybridized carbons (Fsp3) is 0.333. The van der Waals surface area contributed by atoms with Gasteiger partial charge in [-0.3, -0.25) is 9.59 Å². The number of aromatic amines is 1. The van der Waals surface area contributed by atoms with Crippen LogP contribution in [0.1, 0.15) is 37.6 Å². The highest BCUT2D eigenvalue weighted by molar-refractivity contribution is 7.90. The zero-order valence-corrected chi connectivity index (χ0v) is 21.0. The van der Waals surface area contributed by atoms with Crippen LogP contribution in [-0.2, 0) is 10.0 Å². The summed E-state index contributed by atoms with van der Waals surface area (Å²) in [5.41, 5.74) is -0.559. The van der Waals surface area contributed by atoms with Crippen LogP contribution in [0.3, 0.4) is 0 Å². The van der Waals surface area contributed by atoms with E-state index in [1.165, 1.54) is 43.8 Å². The van der Waals surface area contributed by atoms with E-state index < -0.39 is 37.7 Å². The van der Waals surface area contributed by atoms with Crippen molar-refractivity contribution in [1.29, 1.82) is 0 Å². The van der Waals surface area contributed by atoms with E-state index in [-0.39, 0.29) is 23.2 Å². The molecule has 0 saturated carbocycles. The number of anilines is 1. The molecule has 4 rings (SSSR count). The Kier molecular flexibility index (Phi) is 6.56. The number of carbonyl (C=O) groups is 1. The maximum Gasteiger partial charge on any atom is 0.269 e. The number of halogens is 1. The molecule has 1 aliphatic heterocycles. The summed E-state index contributed by atoms with van der Waals surface area (Å²) < 4.78 is 46.7. The molecule has 36 heavy (non-hydrogen) atoms. The number of pyridine rings is 3. The van der Waals surface area contributed by atoms with Gasteiger partial charge in [-0.1, -0.05) is 6.92 Å². The molecule has 12 heteroatoms. The Bertz CT molecular complexity index is 1490. The van der Waals surface area contributed by atoms with E-state index in [1.54, 1.807) is 0 Å². The number of aromatic nitrogens is 3. The molecule has 0 spiro atoms. The van der Waals surface area contributed by atoms with Gasteiger partial charge in [0, 0.05) is 30.0 Å². The number of carbonyl (C=O) groups excluding carboxylic acids is 1. The number of methoxy groups -OCH3 is 1. The lowest BCUT2D eigenvalue weighted by molar-refractivity contribution is 0.0981. The predicted molar refractivity (Wildman–Crippen MR) is 131 cm³/mol. The fourth-order valence-electron chi connectivity index (χ4n) is 4.17. The third kappa shape index (κ3) is 4.55. The highest BCUT2D eigenvalue weighted by atomic mass is 32.2. The lowest BCUT2D eigenvalue weighted by atomic mass is 9.90. The maximum absolute atomic E-state index is 14.3. The van der Waals surface area contributed by atoms with Crippen LogP contribution in [0.25, 0.3) is 11.3 Å². The topological polar surface area (TPSA) is 134 Å².